The van der Waals surface area contributed by atoms with Gasteiger partial charge in [0.05, 0.1) is 23.4 Å². The molecule has 4 aliphatic heterocycles. The number of hydrogen-bond donors (Lipinski definition) is 0. The summed E-state index contributed by atoms with van der Waals surface area (Å²) in [7, 11) is 0. The maximum absolute atomic E-state index is 11.8. The summed E-state index contributed by atoms with van der Waals surface area (Å²) in [6.45, 7) is 32.2. The molecule has 8 aromatic carbocycles. The van der Waals surface area contributed by atoms with Crippen LogP contribution in [0.1, 0.15) is 217 Å². The topological polar surface area (TPSA) is 22.9 Å². The lowest BCUT2D eigenvalue weighted by atomic mass is 9.30. The quantitative estimate of drug-likeness (QED) is 0.155. The Kier molecular flexibility index (Phi) is 8.70. The van der Waals surface area contributed by atoms with Crippen molar-refractivity contribution in [1.82, 2.24) is 0 Å². The van der Waals surface area contributed by atoms with E-state index in [9.17, 15) is 13.7 Å². The third kappa shape index (κ3) is 7.40. The molecule has 0 N–H and O–H groups in total. The first-order valence-electron chi connectivity index (χ1n) is 37.5. The number of nitrogens with zero attached hydrogens (tertiary/aromatic N) is 3. The summed E-state index contributed by atoms with van der Waals surface area (Å²) < 4.78 is 142. The Hall–Kier alpha value is -7.24. The summed E-state index contributed by atoms with van der Waals surface area (Å²) in [5, 5.41) is 0.744. The zero-order chi connectivity index (χ0) is 70.8. The minimum atomic E-state index is -1.76. The smallest absolute Gasteiger partial charge is 0.253 e. The van der Waals surface area contributed by atoms with Crippen molar-refractivity contribution in [3.63, 3.8) is 0 Å². The molecule has 2 aliphatic carbocycles. The van der Waals surface area contributed by atoms with E-state index >= 15 is 0 Å². The summed E-state index contributed by atoms with van der Waals surface area (Å²) in [5.74, 6) is 0.553. The van der Waals surface area contributed by atoms with Gasteiger partial charge >= 0.3 is 0 Å². The Labute approximate surface area is 526 Å². The maximum Gasteiger partial charge on any atom is 0.253 e. The second-order valence-corrected chi connectivity index (χ2v) is 30.6. The number of benzene rings is 8. The first-order valence-corrected chi connectivity index (χ1v) is 31.0. The lowest BCUT2D eigenvalue weighted by Crippen LogP contribution is -2.64. The van der Waals surface area contributed by atoms with Crippen molar-refractivity contribution in [1.29, 1.82) is 0 Å². The van der Waals surface area contributed by atoms with E-state index in [0.29, 0.717) is 45.5 Å². The molecule has 2 unspecified atom stereocenters. The summed E-state index contributed by atoms with van der Waals surface area (Å²) in [4.78, 5) is 6.15. The molecule has 6 aliphatic rings. The molecule has 430 valence electrons. The van der Waals surface area contributed by atoms with Gasteiger partial charge in [-0.15, -0.1) is 0 Å². The highest BCUT2D eigenvalue weighted by atomic mass is 16.3. The summed E-state index contributed by atoms with van der Waals surface area (Å²) in [5.41, 5.74) is 5.38. The van der Waals surface area contributed by atoms with Crippen LogP contribution >= 0.6 is 0 Å². The van der Waals surface area contributed by atoms with Crippen molar-refractivity contribution in [2.45, 2.75) is 193 Å². The Morgan fingerprint density at radius 1 is 0.494 bits per heavy atom. The summed E-state index contributed by atoms with van der Waals surface area (Å²) in [6.07, 6.45) is 4.79. The maximum atomic E-state index is 11.8. The van der Waals surface area contributed by atoms with E-state index in [1.165, 1.54) is 0 Å². The first-order chi connectivity index (χ1) is 45.6. The van der Waals surface area contributed by atoms with E-state index in [-0.39, 0.29) is 81.1 Å². The number of para-hydroxylation sites is 1. The van der Waals surface area contributed by atoms with Crippen LogP contribution < -0.4 is 31.1 Å². The summed E-state index contributed by atoms with van der Waals surface area (Å²) >= 11 is 0. The van der Waals surface area contributed by atoms with E-state index in [2.05, 4.69) is 153 Å². The molecular weight excluding hydrogens is 1030 g/mol. The van der Waals surface area contributed by atoms with Gasteiger partial charge in [-0.25, -0.2) is 0 Å². The van der Waals surface area contributed by atoms with Crippen molar-refractivity contribution in [2.75, 3.05) is 14.7 Å². The zero-order valence-electron chi connectivity index (χ0n) is 65.6. The number of fused-ring (bicyclic) bond motifs is 7. The van der Waals surface area contributed by atoms with Gasteiger partial charge in [0.2, 0.25) is 0 Å². The Bertz CT molecular complexity index is 4990. The fraction of sp³-hybridized carbons (Fsp3) is 0.375. The highest BCUT2D eigenvalue weighted by molar-refractivity contribution is 7.03. The van der Waals surface area contributed by atoms with Gasteiger partial charge in [0, 0.05) is 78.3 Å². The van der Waals surface area contributed by atoms with Crippen molar-refractivity contribution >= 4 is 79.6 Å². The van der Waals surface area contributed by atoms with Crippen LogP contribution in [-0.4, -0.2) is 12.3 Å². The minimum absolute atomic E-state index is 0.0200. The van der Waals surface area contributed by atoms with E-state index in [4.69, 9.17) is 8.53 Å². The first kappa shape index (κ1) is 41.8. The largest absolute Gasteiger partial charge is 0.460 e. The highest BCUT2D eigenvalue weighted by Gasteiger charge is 2.62. The molecule has 1 saturated carbocycles. The van der Waals surface area contributed by atoms with Crippen molar-refractivity contribution in [3.05, 3.63) is 208 Å². The third-order valence-corrected chi connectivity index (χ3v) is 20.9. The van der Waals surface area contributed by atoms with Gasteiger partial charge in [0.15, 0.2) is 0 Å². The van der Waals surface area contributed by atoms with Gasteiger partial charge in [0.1, 0.15) is 11.3 Å². The molecule has 9 aromatic rings. The second-order valence-electron chi connectivity index (χ2n) is 30.6. The Morgan fingerprint density at radius 3 is 1.76 bits per heavy atom. The average Bonchev–Trinajstić information content (AvgIpc) is 1.11. The predicted octanol–water partition coefficient (Wildman–Crippen LogP) is 19.8. The molecule has 0 spiro atoms. The standard InChI is InChI=1S/C80H86BN3O/c1-73(2,3)49-33-37-54(38-34-49)82-60-46-53(78(14,15)51-27-19-17-20-28-51)45-57-63-64-69-70(65-66(71(64)85-72(63)75(7,8)9)77(12,13)44-43-76(65,10)11)83(55-39-35-50(36-40-55)74(4,5)6)62-48-56(47-61(82)68(62)81(69)67(57)60)84-59-32-24-23-31-58(59)80(52-29-21-18-22-30-52)42-26-25-41-79(80,84)16/h17-24,27-40,45-48H,25-26,41-44H2,1-16H3/i17D,19D,20D,27D,28D,33D,34D,37D,38D,45D,46D,47D,48D. The molecule has 1 fully saturated rings. The highest BCUT2D eigenvalue weighted by Crippen LogP contribution is 2.66. The van der Waals surface area contributed by atoms with E-state index < -0.39 is 87.0 Å². The van der Waals surface area contributed by atoms with Crippen LogP contribution in [0.2, 0.25) is 0 Å². The number of furan rings is 1. The molecule has 85 heavy (non-hydrogen) atoms. The molecular formula is C80H86BN3O. The Balaban J connectivity index is 1.25. The fourth-order valence-corrected chi connectivity index (χ4v) is 16.3. The Morgan fingerprint density at radius 2 is 1.11 bits per heavy atom. The van der Waals surface area contributed by atoms with E-state index in [0.717, 1.165) is 87.8 Å². The van der Waals surface area contributed by atoms with Gasteiger partial charge in [0.25, 0.3) is 6.71 Å². The SMILES string of the molecule is [2H]c1c([2H])c([2H])c(C(C)(C)c2c([2H])c3c4c(c2[2H])N(c2c([2H])c([2H])c(C(C)(C)C)c([2H])c2[2H])c2c([2H])c(N5c6ccccc6C6(c7ccccc7)CCCCC56C)c([2H])c5c2B4c2c(c4c(c6oc(C(C)(C)C)c-3c26)C(C)(C)CCC4(C)C)N5c2ccc(C(C)(C)C)cc2)c([2H])c1[2H]. The molecule has 0 radical (unpaired) electrons. The fourth-order valence-electron chi connectivity index (χ4n) is 16.3. The molecule has 15 rings (SSSR count). The van der Waals surface area contributed by atoms with Gasteiger partial charge in [-0.1, -0.05) is 226 Å². The normalized spacial score (nSPS) is 22.8. The molecule has 0 saturated heterocycles. The molecule has 0 amide bonds. The van der Waals surface area contributed by atoms with Crippen LogP contribution in [0.5, 0.6) is 0 Å². The average molecular weight is 1130 g/mol. The molecule has 5 heterocycles. The van der Waals surface area contributed by atoms with Crippen LogP contribution in [0.3, 0.4) is 0 Å². The number of hydrogen-bond acceptors (Lipinski definition) is 4. The van der Waals surface area contributed by atoms with Crippen LogP contribution in [0.15, 0.2) is 162 Å². The van der Waals surface area contributed by atoms with Crippen molar-refractivity contribution < 1.29 is 22.2 Å². The van der Waals surface area contributed by atoms with Crippen molar-refractivity contribution in [2.24, 2.45) is 0 Å². The van der Waals surface area contributed by atoms with Crippen LogP contribution in [0.25, 0.3) is 22.1 Å². The van der Waals surface area contributed by atoms with Crippen molar-refractivity contribution in [3.8, 4) is 11.1 Å². The number of anilines is 8. The van der Waals surface area contributed by atoms with E-state index in [1.807, 2.05) is 32.9 Å². The van der Waals surface area contributed by atoms with Gasteiger partial charge in [-0.2, -0.15) is 0 Å². The van der Waals surface area contributed by atoms with Gasteiger partial charge < -0.3 is 19.1 Å². The minimum Gasteiger partial charge on any atom is -0.460 e. The van der Waals surface area contributed by atoms with Gasteiger partial charge in [-0.05, 0) is 164 Å². The molecule has 5 heteroatoms. The molecule has 4 nitrogen and oxygen atoms in total. The number of rotatable bonds is 6. The van der Waals surface area contributed by atoms with Gasteiger partial charge in [-0.3, -0.25) is 0 Å². The van der Waals surface area contributed by atoms with E-state index in [1.54, 1.807) is 18.7 Å². The van der Waals surface area contributed by atoms with Crippen LogP contribution in [0.4, 0.5) is 45.5 Å². The third-order valence-electron chi connectivity index (χ3n) is 20.9. The lowest BCUT2D eigenvalue weighted by molar-refractivity contribution is 0.215. The second kappa shape index (κ2) is 17.7. The summed E-state index contributed by atoms with van der Waals surface area (Å²) in [6, 6.07) is 22.9. The zero-order valence-corrected chi connectivity index (χ0v) is 52.6. The van der Waals surface area contributed by atoms with Crippen LogP contribution in [-0.2, 0) is 37.9 Å². The predicted molar refractivity (Wildman–Crippen MR) is 362 cm³/mol. The van der Waals surface area contributed by atoms with Crippen LogP contribution in [0, 0.1) is 0 Å². The lowest BCUT2D eigenvalue weighted by Gasteiger charge is -2.53. The molecule has 2 atom stereocenters. The monoisotopic (exact) mass is 1130 g/mol. The molecule has 0 bridgehead atoms. The molecule has 1 aromatic heterocycles.